The molecule has 1 N–H and O–H groups in total. The van der Waals surface area contributed by atoms with Gasteiger partial charge in [0.1, 0.15) is 5.82 Å². The Balaban J connectivity index is 1.88. The van der Waals surface area contributed by atoms with E-state index in [2.05, 4.69) is 61.1 Å². The summed E-state index contributed by atoms with van der Waals surface area (Å²) in [5.74, 6) is 1.40. The number of benzene rings is 1. The van der Waals surface area contributed by atoms with Crippen LogP contribution >= 0.6 is 0 Å². The zero-order chi connectivity index (χ0) is 19.4. The molecule has 1 aliphatic heterocycles. The van der Waals surface area contributed by atoms with Crippen molar-refractivity contribution >= 4 is 17.4 Å². The number of pyridine rings is 1. The Kier molecular flexibility index (Phi) is 6.11. The van der Waals surface area contributed by atoms with Crippen molar-refractivity contribution in [2.24, 2.45) is 0 Å². The molecule has 2 heterocycles. The maximum atomic E-state index is 13.0. The van der Waals surface area contributed by atoms with Crippen molar-refractivity contribution in [3.8, 4) is 0 Å². The Morgan fingerprint density at radius 2 is 1.70 bits per heavy atom. The first-order valence-electron chi connectivity index (χ1n) is 9.70. The standard InChI is InChI=1S/C22H29N3O2/c1-15(2)18-6-5-7-19(16(3)4)21(18)24-22(26)17-8-9-23-20(14-17)25-10-12-27-13-11-25/h5-9,14-16H,10-13H2,1-4H3,(H,24,26). The molecular formula is C22H29N3O2. The molecule has 0 spiro atoms. The molecule has 0 atom stereocenters. The van der Waals surface area contributed by atoms with E-state index in [1.165, 1.54) is 0 Å². The molecule has 1 amide bonds. The summed E-state index contributed by atoms with van der Waals surface area (Å²) in [6, 6.07) is 9.90. The molecule has 0 radical (unpaired) electrons. The number of aromatic nitrogens is 1. The number of carbonyl (C=O) groups excluding carboxylic acids is 1. The van der Waals surface area contributed by atoms with E-state index in [1.807, 2.05) is 6.07 Å². The summed E-state index contributed by atoms with van der Waals surface area (Å²) in [6.07, 6.45) is 1.71. The van der Waals surface area contributed by atoms with E-state index in [1.54, 1.807) is 12.3 Å². The third kappa shape index (κ3) is 4.48. The van der Waals surface area contributed by atoms with E-state index in [0.29, 0.717) is 30.6 Å². The van der Waals surface area contributed by atoms with Gasteiger partial charge in [0.15, 0.2) is 0 Å². The maximum absolute atomic E-state index is 13.0. The van der Waals surface area contributed by atoms with Gasteiger partial charge in [0, 0.05) is 30.5 Å². The molecule has 0 unspecified atom stereocenters. The zero-order valence-corrected chi connectivity index (χ0v) is 16.7. The molecule has 1 aliphatic rings. The van der Waals surface area contributed by atoms with Crippen LogP contribution in [0, 0.1) is 0 Å². The van der Waals surface area contributed by atoms with Crippen molar-refractivity contribution < 1.29 is 9.53 Å². The van der Waals surface area contributed by atoms with Gasteiger partial charge >= 0.3 is 0 Å². The molecule has 144 valence electrons. The van der Waals surface area contributed by atoms with Gasteiger partial charge in [0.05, 0.1) is 13.2 Å². The van der Waals surface area contributed by atoms with Crippen LogP contribution in [0.3, 0.4) is 0 Å². The number of carbonyl (C=O) groups is 1. The fraction of sp³-hybridized carbons (Fsp3) is 0.455. The van der Waals surface area contributed by atoms with Crippen LogP contribution in [0.4, 0.5) is 11.5 Å². The van der Waals surface area contributed by atoms with Crippen molar-refractivity contribution in [2.75, 3.05) is 36.5 Å². The molecule has 0 aliphatic carbocycles. The predicted octanol–water partition coefficient (Wildman–Crippen LogP) is 4.42. The molecule has 1 aromatic carbocycles. The number of hydrogen-bond donors (Lipinski definition) is 1. The third-order valence-corrected chi connectivity index (χ3v) is 4.95. The summed E-state index contributed by atoms with van der Waals surface area (Å²) in [7, 11) is 0. The second-order valence-electron chi connectivity index (χ2n) is 7.58. The highest BCUT2D eigenvalue weighted by Gasteiger charge is 2.18. The fourth-order valence-electron chi connectivity index (χ4n) is 3.41. The van der Waals surface area contributed by atoms with Gasteiger partial charge in [-0.3, -0.25) is 4.79 Å². The summed E-state index contributed by atoms with van der Waals surface area (Å²) in [5, 5.41) is 3.18. The first-order chi connectivity index (χ1) is 13.0. The third-order valence-electron chi connectivity index (χ3n) is 4.95. The van der Waals surface area contributed by atoms with Crippen LogP contribution < -0.4 is 10.2 Å². The molecular weight excluding hydrogens is 338 g/mol. The van der Waals surface area contributed by atoms with Crippen molar-refractivity contribution in [1.82, 2.24) is 4.98 Å². The number of para-hydroxylation sites is 1. The molecule has 0 bridgehead atoms. The number of rotatable bonds is 5. The summed E-state index contributed by atoms with van der Waals surface area (Å²) in [5.41, 5.74) is 3.89. The number of nitrogens with one attached hydrogen (secondary N) is 1. The van der Waals surface area contributed by atoms with Crippen LogP contribution in [0.2, 0.25) is 0 Å². The van der Waals surface area contributed by atoms with E-state index in [-0.39, 0.29) is 5.91 Å². The average molecular weight is 367 g/mol. The number of amides is 1. The van der Waals surface area contributed by atoms with Gasteiger partial charge in [-0.2, -0.15) is 0 Å². The average Bonchev–Trinajstić information content (AvgIpc) is 2.68. The summed E-state index contributed by atoms with van der Waals surface area (Å²) >= 11 is 0. The molecule has 1 aromatic heterocycles. The van der Waals surface area contributed by atoms with E-state index < -0.39 is 0 Å². The van der Waals surface area contributed by atoms with Crippen molar-refractivity contribution in [3.63, 3.8) is 0 Å². The van der Waals surface area contributed by atoms with Crippen LogP contribution in [0.25, 0.3) is 0 Å². The van der Waals surface area contributed by atoms with Gasteiger partial charge in [-0.15, -0.1) is 0 Å². The van der Waals surface area contributed by atoms with Crippen LogP contribution in [0.5, 0.6) is 0 Å². The van der Waals surface area contributed by atoms with Gasteiger partial charge in [-0.25, -0.2) is 4.98 Å². The number of ether oxygens (including phenoxy) is 1. The van der Waals surface area contributed by atoms with Gasteiger partial charge in [-0.1, -0.05) is 45.9 Å². The van der Waals surface area contributed by atoms with E-state index in [0.717, 1.165) is 35.7 Å². The number of nitrogens with zero attached hydrogens (tertiary/aromatic N) is 2. The molecule has 27 heavy (non-hydrogen) atoms. The highest BCUT2D eigenvalue weighted by Crippen LogP contribution is 2.32. The lowest BCUT2D eigenvalue weighted by Crippen LogP contribution is -2.36. The monoisotopic (exact) mass is 367 g/mol. The minimum atomic E-state index is -0.0955. The largest absolute Gasteiger partial charge is 0.378 e. The highest BCUT2D eigenvalue weighted by atomic mass is 16.5. The van der Waals surface area contributed by atoms with E-state index in [4.69, 9.17) is 4.74 Å². The van der Waals surface area contributed by atoms with E-state index in [9.17, 15) is 4.79 Å². The Morgan fingerprint density at radius 3 is 2.30 bits per heavy atom. The lowest BCUT2D eigenvalue weighted by molar-refractivity contribution is 0.102. The van der Waals surface area contributed by atoms with Gasteiger partial charge in [0.2, 0.25) is 0 Å². The first kappa shape index (κ1) is 19.4. The molecule has 0 saturated carbocycles. The van der Waals surface area contributed by atoms with Crippen molar-refractivity contribution in [2.45, 2.75) is 39.5 Å². The fourth-order valence-corrected chi connectivity index (χ4v) is 3.41. The number of hydrogen-bond acceptors (Lipinski definition) is 4. The molecule has 2 aromatic rings. The Hall–Kier alpha value is -2.40. The quantitative estimate of drug-likeness (QED) is 0.850. The van der Waals surface area contributed by atoms with E-state index >= 15 is 0 Å². The predicted molar refractivity (Wildman–Crippen MR) is 110 cm³/mol. The lowest BCUT2D eigenvalue weighted by Gasteiger charge is -2.28. The minimum absolute atomic E-state index is 0.0955. The smallest absolute Gasteiger partial charge is 0.255 e. The molecule has 3 rings (SSSR count). The normalized spacial score (nSPS) is 14.7. The zero-order valence-electron chi connectivity index (χ0n) is 16.7. The minimum Gasteiger partial charge on any atom is -0.378 e. The topological polar surface area (TPSA) is 54.5 Å². The number of anilines is 2. The Bertz CT molecular complexity index is 770. The molecule has 5 nitrogen and oxygen atoms in total. The SMILES string of the molecule is CC(C)c1cccc(C(C)C)c1NC(=O)c1ccnc(N2CCOCC2)c1. The Labute approximate surface area is 161 Å². The van der Waals surface area contributed by atoms with Gasteiger partial charge in [0.25, 0.3) is 5.91 Å². The second kappa shape index (κ2) is 8.53. The maximum Gasteiger partial charge on any atom is 0.255 e. The molecule has 1 fully saturated rings. The van der Waals surface area contributed by atoms with Gasteiger partial charge < -0.3 is 15.0 Å². The number of morpholine rings is 1. The van der Waals surface area contributed by atoms with Gasteiger partial charge in [-0.05, 0) is 35.1 Å². The van der Waals surface area contributed by atoms with Crippen LogP contribution in [0.1, 0.15) is 61.0 Å². The summed E-state index contributed by atoms with van der Waals surface area (Å²) in [4.78, 5) is 19.6. The summed E-state index contributed by atoms with van der Waals surface area (Å²) in [6.45, 7) is 11.6. The molecule has 5 heteroatoms. The summed E-state index contributed by atoms with van der Waals surface area (Å²) < 4.78 is 5.40. The first-order valence-corrected chi connectivity index (χ1v) is 9.70. The molecule has 1 saturated heterocycles. The van der Waals surface area contributed by atoms with Crippen LogP contribution in [-0.4, -0.2) is 37.2 Å². The second-order valence-corrected chi connectivity index (χ2v) is 7.58. The van der Waals surface area contributed by atoms with Crippen LogP contribution in [0.15, 0.2) is 36.5 Å². The Morgan fingerprint density at radius 1 is 1.07 bits per heavy atom. The van der Waals surface area contributed by atoms with Crippen molar-refractivity contribution in [1.29, 1.82) is 0 Å². The highest BCUT2D eigenvalue weighted by molar-refractivity contribution is 6.05. The lowest BCUT2D eigenvalue weighted by atomic mass is 9.92. The van der Waals surface area contributed by atoms with Crippen molar-refractivity contribution in [3.05, 3.63) is 53.2 Å². The van der Waals surface area contributed by atoms with Crippen LogP contribution in [-0.2, 0) is 4.74 Å².